The number of nitrogens with one attached hydrogen (secondary N) is 2. The minimum atomic E-state index is -0.796. The topological polar surface area (TPSA) is 77.4 Å². The average Bonchev–Trinajstić information content (AvgIpc) is 3.11. The van der Waals surface area contributed by atoms with Crippen molar-refractivity contribution >= 4 is 11.8 Å². The molecule has 2 heterocycles. The average molecular weight is 396 g/mol. The second-order valence-corrected chi connectivity index (χ2v) is 6.67. The highest BCUT2D eigenvalue weighted by atomic mass is 19.1. The first kappa shape index (κ1) is 19.1. The van der Waals surface area contributed by atoms with Crippen molar-refractivity contribution in [1.29, 1.82) is 0 Å². The Bertz CT molecular complexity index is 1000. The predicted octanol–water partition coefficient (Wildman–Crippen LogP) is 3.50. The van der Waals surface area contributed by atoms with E-state index in [9.17, 15) is 9.18 Å². The summed E-state index contributed by atoms with van der Waals surface area (Å²) in [6.07, 6.45) is -1.00. The second-order valence-electron chi connectivity index (χ2n) is 6.67. The lowest BCUT2D eigenvalue weighted by molar-refractivity contribution is 0.0275. The van der Waals surface area contributed by atoms with Gasteiger partial charge in [-0.1, -0.05) is 36.4 Å². The molecule has 8 heteroatoms. The first-order valence-electron chi connectivity index (χ1n) is 9.30. The van der Waals surface area contributed by atoms with Crippen LogP contribution in [0.2, 0.25) is 0 Å². The summed E-state index contributed by atoms with van der Waals surface area (Å²) in [4.78, 5) is 12.2. The molecule has 7 nitrogen and oxygen atoms in total. The van der Waals surface area contributed by atoms with Crippen LogP contribution in [0.1, 0.15) is 11.7 Å². The van der Waals surface area contributed by atoms with Crippen LogP contribution >= 0.6 is 0 Å². The number of benzene rings is 2. The molecule has 1 aliphatic rings. The van der Waals surface area contributed by atoms with Crippen molar-refractivity contribution in [2.24, 2.45) is 7.05 Å². The lowest BCUT2D eigenvalue weighted by Crippen LogP contribution is -2.33. The third-order valence-corrected chi connectivity index (χ3v) is 4.63. The summed E-state index contributed by atoms with van der Waals surface area (Å²) in [7, 11) is 1.67. The van der Waals surface area contributed by atoms with Crippen molar-refractivity contribution in [3.05, 3.63) is 66.0 Å². The quantitative estimate of drug-likeness (QED) is 0.706. The number of amides is 1. The zero-order valence-corrected chi connectivity index (χ0v) is 15.9. The van der Waals surface area contributed by atoms with Gasteiger partial charge >= 0.3 is 6.09 Å². The van der Waals surface area contributed by atoms with E-state index >= 15 is 0 Å². The largest absolute Gasteiger partial charge is 0.418 e. The van der Waals surface area contributed by atoms with Crippen LogP contribution in [0.4, 0.5) is 14.9 Å². The summed E-state index contributed by atoms with van der Waals surface area (Å²) in [6.45, 7) is 1.98. The number of hydrogen-bond acceptors (Lipinski definition) is 5. The van der Waals surface area contributed by atoms with E-state index in [4.69, 9.17) is 9.47 Å². The molecule has 0 spiro atoms. The summed E-state index contributed by atoms with van der Waals surface area (Å²) in [5.41, 5.74) is 2.33. The SMILES string of the molecule is Cn1nc(-c2ccccc2)cc1OC(=O)Nc1ccc([C@H]2CNCCO2)cc1F. The van der Waals surface area contributed by atoms with Crippen molar-refractivity contribution in [1.82, 2.24) is 15.1 Å². The van der Waals surface area contributed by atoms with E-state index in [0.717, 1.165) is 12.1 Å². The molecule has 2 N–H and O–H groups in total. The molecule has 1 aliphatic heterocycles. The number of carbonyl (C=O) groups excluding carboxylic acids is 1. The van der Waals surface area contributed by atoms with E-state index in [1.807, 2.05) is 30.3 Å². The molecule has 1 aromatic heterocycles. The molecule has 0 aliphatic carbocycles. The van der Waals surface area contributed by atoms with Crippen molar-refractivity contribution in [3.63, 3.8) is 0 Å². The fraction of sp³-hybridized carbons (Fsp3) is 0.238. The van der Waals surface area contributed by atoms with Crippen molar-refractivity contribution in [3.8, 4) is 17.1 Å². The molecule has 1 fully saturated rings. The van der Waals surface area contributed by atoms with Crippen LogP contribution in [-0.2, 0) is 11.8 Å². The minimum absolute atomic E-state index is 0.0352. The molecule has 0 unspecified atom stereocenters. The van der Waals surface area contributed by atoms with Crippen LogP contribution in [0.15, 0.2) is 54.6 Å². The standard InChI is InChI=1S/C21H21FN4O3/c1-26-20(12-18(25-26)14-5-3-2-4-6-14)29-21(27)24-17-8-7-15(11-16(17)22)19-13-23-9-10-28-19/h2-8,11-12,19,23H,9-10,13H2,1H3,(H,24,27)/t19-/m1/s1. The monoisotopic (exact) mass is 396 g/mol. The van der Waals surface area contributed by atoms with Gasteiger partial charge in [0, 0.05) is 31.8 Å². The zero-order chi connectivity index (χ0) is 20.2. The van der Waals surface area contributed by atoms with Gasteiger partial charge in [-0.25, -0.2) is 13.9 Å². The number of ether oxygens (including phenoxy) is 2. The molecule has 0 bridgehead atoms. The van der Waals surface area contributed by atoms with Gasteiger partial charge in [0.25, 0.3) is 0 Å². The Balaban J connectivity index is 1.43. The maximum atomic E-state index is 14.4. The summed E-state index contributed by atoms with van der Waals surface area (Å²) in [6, 6.07) is 15.8. The molecule has 1 atom stereocenters. The molecule has 4 rings (SSSR count). The number of nitrogens with zero attached hydrogens (tertiary/aromatic N) is 2. The van der Waals surface area contributed by atoms with E-state index in [0.29, 0.717) is 24.4 Å². The highest BCUT2D eigenvalue weighted by Crippen LogP contribution is 2.25. The Labute approximate surface area is 167 Å². The maximum Gasteiger partial charge on any atom is 0.418 e. The first-order chi connectivity index (χ1) is 14.1. The van der Waals surface area contributed by atoms with Crippen LogP contribution < -0.4 is 15.4 Å². The van der Waals surface area contributed by atoms with E-state index < -0.39 is 11.9 Å². The zero-order valence-electron chi connectivity index (χ0n) is 15.9. The number of hydrogen-bond donors (Lipinski definition) is 2. The normalized spacial score (nSPS) is 16.4. The van der Waals surface area contributed by atoms with Gasteiger partial charge in [0.05, 0.1) is 24.1 Å². The third-order valence-electron chi connectivity index (χ3n) is 4.63. The Morgan fingerprint density at radius 3 is 2.83 bits per heavy atom. The lowest BCUT2D eigenvalue weighted by Gasteiger charge is -2.24. The van der Waals surface area contributed by atoms with E-state index in [2.05, 4.69) is 15.7 Å². The molecule has 0 saturated carbocycles. The summed E-state index contributed by atoms with van der Waals surface area (Å²) in [5, 5.41) is 9.97. The fourth-order valence-corrected chi connectivity index (χ4v) is 3.14. The van der Waals surface area contributed by atoms with Crippen molar-refractivity contribution < 1.29 is 18.7 Å². The molecule has 3 aromatic rings. The molecule has 150 valence electrons. The summed E-state index contributed by atoms with van der Waals surface area (Å²) in [5.74, 6) is -0.302. The maximum absolute atomic E-state index is 14.4. The fourth-order valence-electron chi connectivity index (χ4n) is 3.14. The van der Waals surface area contributed by atoms with Gasteiger partial charge in [0.15, 0.2) is 0 Å². The van der Waals surface area contributed by atoms with Gasteiger partial charge in [0.2, 0.25) is 5.88 Å². The number of halogens is 1. The van der Waals surface area contributed by atoms with E-state index in [1.54, 1.807) is 19.2 Å². The van der Waals surface area contributed by atoms with Gasteiger partial charge in [-0.15, -0.1) is 0 Å². The Kier molecular flexibility index (Phi) is 5.55. The van der Waals surface area contributed by atoms with Crippen LogP contribution in [0, 0.1) is 5.82 Å². The minimum Gasteiger partial charge on any atom is -0.391 e. The number of aryl methyl sites for hydroxylation is 1. The van der Waals surface area contributed by atoms with Gasteiger partial charge in [-0.2, -0.15) is 5.10 Å². The predicted molar refractivity (Wildman–Crippen MR) is 106 cm³/mol. The Morgan fingerprint density at radius 1 is 1.28 bits per heavy atom. The number of carbonyl (C=O) groups is 1. The molecular weight excluding hydrogens is 375 g/mol. The van der Waals surface area contributed by atoms with Crippen molar-refractivity contribution in [2.75, 3.05) is 25.0 Å². The molecule has 1 amide bonds. The summed E-state index contributed by atoms with van der Waals surface area (Å²) < 4.78 is 26.8. The van der Waals surface area contributed by atoms with Crippen LogP contribution in [0.25, 0.3) is 11.3 Å². The van der Waals surface area contributed by atoms with E-state index in [1.165, 1.54) is 16.8 Å². The summed E-state index contributed by atoms with van der Waals surface area (Å²) >= 11 is 0. The number of aromatic nitrogens is 2. The highest BCUT2D eigenvalue weighted by Gasteiger charge is 2.18. The Hall–Kier alpha value is -3.23. The van der Waals surface area contributed by atoms with Crippen LogP contribution in [0.5, 0.6) is 5.88 Å². The lowest BCUT2D eigenvalue weighted by atomic mass is 10.1. The smallest absolute Gasteiger partial charge is 0.391 e. The number of morpholine rings is 1. The van der Waals surface area contributed by atoms with Gasteiger partial charge < -0.3 is 14.8 Å². The van der Waals surface area contributed by atoms with Crippen LogP contribution in [-0.4, -0.2) is 35.6 Å². The first-order valence-corrected chi connectivity index (χ1v) is 9.30. The Morgan fingerprint density at radius 2 is 2.10 bits per heavy atom. The highest BCUT2D eigenvalue weighted by molar-refractivity contribution is 5.86. The van der Waals surface area contributed by atoms with Gasteiger partial charge in [0.1, 0.15) is 5.82 Å². The number of rotatable bonds is 4. The number of anilines is 1. The van der Waals surface area contributed by atoms with Gasteiger partial charge in [-0.05, 0) is 17.7 Å². The molecule has 2 aromatic carbocycles. The van der Waals surface area contributed by atoms with E-state index in [-0.39, 0.29) is 17.7 Å². The van der Waals surface area contributed by atoms with Crippen molar-refractivity contribution in [2.45, 2.75) is 6.10 Å². The van der Waals surface area contributed by atoms with Gasteiger partial charge in [-0.3, -0.25) is 5.32 Å². The third kappa shape index (κ3) is 4.44. The van der Waals surface area contributed by atoms with Crippen LogP contribution in [0.3, 0.4) is 0 Å². The molecular formula is C21H21FN4O3. The second kappa shape index (κ2) is 8.42. The molecule has 29 heavy (non-hydrogen) atoms. The molecule has 0 radical (unpaired) electrons. The molecule has 1 saturated heterocycles.